The number of aliphatic carboxylic acids is 1. The highest BCUT2D eigenvalue weighted by Crippen LogP contribution is 2.14. The Balaban J connectivity index is 2.66. The molecule has 19 heavy (non-hydrogen) atoms. The van der Waals surface area contributed by atoms with Crippen LogP contribution in [0.15, 0.2) is 9.00 Å². The van der Waals surface area contributed by atoms with Gasteiger partial charge in [0.1, 0.15) is 6.54 Å². The largest absolute Gasteiger partial charge is 0.480 e. The Kier molecular flexibility index (Phi) is 4.80. The molecule has 9 nitrogen and oxygen atoms in total. The Morgan fingerprint density at radius 1 is 1.37 bits per heavy atom. The number of aromatic nitrogens is 1. The SMILES string of the molecule is Cc1[nH]c(=O)sc1S(=O)(=O)NCC(=O)NCC(=O)O. The molecule has 0 saturated heterocycles. The summed E-state index contributed by atoms with van der Waals surface area (Å²) in [6, 6.07) is 0. The first kappa shape index (κ1) is 15.3. The molecule has 0 aromatic carbocycles. The second kappa shape index (κ2) is 5.95. The smallest absolute Gasteiger partial charge is 0.322 e. The molecule has 1 amide bonds. The highest BCUT2D eigenvalue weighted by Gasteiger charge is 2.21. The molecule has 106 valence electrons. The van der Waals surface area contributed by atoms with Crippen molar-refractivity contribution in [2.24, 2.45) is 0 Å². The first-order chi connectivity index (χ1) is 8.72. The van der Waals surface area contributed by atoms with Gasteiger partial charge in [0.25, 0.3) is 10.0 Å². The number of carboxylic acids is 1. The number of carbonyl (C=O) groups excluding carboxylic acids is 1. The van der Waals surface area contributed by atoms with Gasteiger partial charge >= 0.3 is 10.8 Å². The van der Waals surface area contributed by atoms with E-state index in [9.17, 15) is 22.8 Å². The van der Waals surface area contributed by atoms with Gasteiger partial charge in [-0.3, -0.25) is 14.4 Å². The molecule has 0 unspecified atom stereocenters. The van der Waals surface area contributed by atoms with E-state index in [1.807, 2.05) is 10.0 Å². The monoisotopic (exact) mass is 309 g/mol. The van der Waals surface area contributed by atoms with E-state index in [0.717, 1.165) is 0 Å². The van der Waals surface area contributed by atoms with Crippen LogP contribution in [-0.4, -0.2) is 43.5 Å². The number of sulfonamides is 1. The molecule has 0 fully saturated rings. The van der Waals surface area contributed by atoms with Gasteiger partial charge < -0.3 is 15.4 Å². The van der Waals surface area contributed by atoms with Crippen LogP contribution in [0.3, 0.4) is 0 Å². The van der Waals surface area contributed by atoms with E-state index < -0.39 is 39.9 Å². The van der Waals surface area contributed by atoms with Gasteiger partial charge in [-0.2, -0.15) is 0 Å². The van der Waals surface area contributed by atoms with E-state index in [4.69, 9.17) is 5.11 Å². The van der Waals surface area contributed by atoms with Crippen LogP contribution in [0.1, 0.15) is 5.69 Å². The van der Waals surface area contributed by atoms with E-state index in [1.165, 1.54) is 6.92 Å². The fraction of sp³-hybridized carbons (Fsp3) is 0.375. The molecule has 1 heterocycles. The molecule has 0 saturated carbocycles. The average molecular weight is 309 g/mol. The second-order valence-corrected chi connectivity index (χ2v) is 6.37. The van der Waals surface area contributed by atoms with Gasteiger partial charge in [0.15, 0.2) is 4.21 Å². The fourth-order valence-corrected chi connectivity index (χ4v) is 3.44. The van der Waals surface area contributed by atoms with Crippen LogP contribution in [0.25, 0.3) is 0 Å². The Morgan fingerprint density at radius 2 is 2.00 bits per heavy atom. The third-order valence-corrected chi connectivity index (χ3v) is 4.89. The average Bonchev–Trinajstić information content (AvgIpc) is 2.64. The lowest BCUT2D eigenvalue weighted by molar-refractivity contribution is -0.137. The molecule has 1 rings (SSSR count). The lowest BCUT2D eigenvalue weighted by Gasteiger charge is -2.05. The van der Waals surface area contributed by atoms with Crippen molar-refractivity contribution in [3.05, 3.63) is 15.4 Å². The molecule has 0 bridgehead atoms. The molecule has 0 aliphatic carbocycles. The lowest BCUT2D eigenvalue weighted by Crippen LogP contribution is -2.38. The number of hydrogen-bond acceptors (Lipinski definition) is 6. The van der Waals surface area contributed by atoms with Crippen LogP contribution >= 0.6 is 11.3 Å². The van der Waals surface area contributed by atoms with Gasteiger partial charge in [-0.1, -0.05) is 11.3 Å². The Hall–Kier alpha value is -1.72. The third kappa shape index (κ3) is 4.46. The summed E-state index contributed by atoms with van der Waals surface area (Å²) >= 11 is 0.504. The molecular formula is C8H11N3O6S2. The zero-order chi connectivity index (χ0) is 14.6. The van der Waals surface area contributed by atoms with Gasteiger partial charge in [-0.25, -0.2) is 13.1 Å². The topological polar surface area (TPSA) is 145 Å². The minimum atomic E-state index is -3.97. The quantitative estimate of drug-likeness (QED) is 0.489. The molecule has 0 atom stereocenters. The number of nitrogens with one attached hydrogen (secondary N) is 3. The molecule has 0 spiro atoms. The predicted octanol–water partition coefficient (Wildman–Crippen LogP) is -1.78. The first-order valence-corrected chi connectivity index (χ1v) is 7.20. The van der Waals surface area contributed by atoms with E-state index in [-0.39, 0.29) is 9.90 Å². The van der Waals surface area contributed by atoms with E-state index in [1.54, 1.807) is 0 Å². The summed E-state index contributed by atoms with van der Waals surface area (Å²) in [6.07, 6.45) is 0. The van der Waals surface area contributed by atoms with Crippen molar-refractivity contribution < 1.29 is 23.1 Å². The fourth-order valence-electron chi connectivity index (χ4n) is 1.11. The molecule has 4 N–H and O–H groups in total. The molecule has 1 aromatic heterocycles. The number of aromatic amines is 1. The number of carboxylic acid groups (broad SMARTS) is 1. The first-order valence-electron chi connectivity index (χ1n) is 4.90. The van der Waals surface area contributed by atoms with E-state index in [0.29, 0.717) is 11.3 Å². The number of aryl methyl sites for hydroxylation is 1. The van der Waals surface area contributed by atoms with Crippen molar-refractivity contribution in [1.29, 1.82) is 0 Å². The van der Waals surface area contributed by atoms with Gasteiger partial charge in [-0.05, 0) is 6.92 Å². The maximum absolute atomic E-state index is 11.8. The summed E-state index contributed by atoms with van der Waals surface area (Å²) in [5, 5.41) is 10.3. The number of hydrogen-bond donors (Lipinski definition) is 4. The zero-order valence-electron chi connectivity index (χ0n) is 9.72. The Labute approximate surface area is 111 Å². The minimum Gasteiger partial charge on any atom is -0.480 e. The standard InChI is InChI=1S/C8H11N3O6S2/c1-4-7(18-8(15)11-4)19(16,17)10-2-5(12)9-3-6(13)14/h10H,2-3H2,1H3,(H,9,12)(H,11,15)(H,13,14). The van der Waals surface area contributed by atoms with Crippen LogP contribution in [-0.2, 0) is 19.6 Å². The summed E-state index contributed by atoms with van der Waals surface area (Å²) in [5.41, 5.74) is 0.174. The highest BCUT2D eigenvalue weighted by atomic mass is 32.2. The molecule has 1 aromatic rings. The number of rotatable bonds is 6. The predicted molar refractivity (Wildman–Crippen MR) is 65.5 cm³/mol. The van der Waals surface area contributed by atoms with Crippen molar-refractivity contribution in [3.8, 4) is 0 Å². The maximum Gasteiger partial charge on any atom is 0.322 e. The zero-order valence-corrected chi connectivity index (χ0v) is 11.4. The van der Waals surface area contributed by atoms with Gasteiger partial charge in [0, 0.05) is 5.69 Å². The highest BCUT2D eigenvalue weighted by molar-refractivity contribution is 7.91. The number of thiazole rings is 1. The van der Waals surface area contributed by atoms with Crippen LogP contribution < -0.4 is 14.9 Å². The summed E-state index contributed by atoms with van der Waals surface area (Å²) in [4.78, 5) is 34.1. The molecular weight excluding hydrogens is 298 g/mol. The number of amides is 1. The van der Waals surface area contributed by atoms with Crippen LogP contribution in [0.4, 0.5) is 0 Å². The molecule has 11 heteroatoms. The van der Waals surface area contributed by atoms with Crippen LogP contribution in [0.5, 0.6) is 0 Å². The number of H-pyrrole nitrogens is 1. The van der Waals surface area contributed by atoms with Crippen molar-refractivity contribution in [1.82, 2.24) is 15.0 Å². The Bertz CT molecular complexity index is 644. The van der Waals surface area contributed by atoms with E-state index >= 15 is 0 Å². The van der Waals surface area contributed by atoms with Crippen molar-refractivity contribution in [3.63, 3.8) is 0 Å². The van der Waals surface area contributed by atoms with Crippen molar-refractivity contribution >= 4 is 33.2 Å². The van der Waals surface area contributed by atoms with Crippen LogP contribution in [0, 0.1) is 6.92 Å². The van der Waals surface area contributed by atoms with Crippen LogP contribution in [0.2, 0.25) is 0 Å². The van der Waals surface area contributed by atoms with Gasteiger partial charge in [0.2, 0.25) is 5.91 Å². The lowest BCUT2D eigenvalue weighted by atomic mass is 10.5. The molecule has 0 aliphatic rings. The summed E-state index contributed by atoms with van der Waals surface area (Å²) in [5.74, 6) is -2.03. The summed E-state index contributed by atoms with van der Waals surface area (Å²) in [7, 11) is -3.97. The van der Waals surface area contributed by atoms with E-state index in [2.05, 4.69) is 4.98 Å². The van der Waals surface area contributed by atoms with Crippen molar-refractivity contribution in [2.45, 2.75) is 11.1 Å². The second-order valence-electron chi connectivity index (χ2n) is 3.42. The van der Waals surface area contributed by atoms with Gasteiger partial charge in [-0.15, -0.1) is 0 Å². The minimum absolute atomic E-state index is 0.174. The summed E-state index contributed by atoms with van der Waals surface area (Å²) in [6.45, 7) is 0.204. The maximum atomic E-state index is 11.8. The van der Waals surface area contributed by atoms with Gasteiger partial charge in [0.05, 0.1) is 6.54 Å². The molecule has 0 radical (unpaired) electrons. The number of carbonyl (C=O) groups is 2. The Morgan fingerprint density at radius 3 is 2.47 bits per heavy atom. The third-order valence-electron chi connectivity index (χ3n) is 1.88. The summed E-state index contributed by atoms with van der Waals surface area (Å²) < 4.78 is 25.3. The van der Waals surface area contributed by atoms with Crippen molar-refractivity contribution in [2.75, 3.05) is 13.1 Å². The molecule has 0 aliphatic heterocycles. The normalized spacial score (nSPS) is 11.2.